The lowest BCUT2D eigenvalue weighted by Crippen LogP contribution is -2.56. The Hall–Kier alpha value is -2.44. The van der Waals surface area contributed by atoms with E-state index in [0.29, 0.717) is 12.3 Å². The van der Waals surface area contributed by atoms with Crippen LogP contribution >= 0.6 is 0 Å². The number of carbonyl (C=O) groups excluding carboxylic acids is 1. The van der Waals surface area contributed by atoms with Crippen molar-refractivity contribution in [1.29, 1.82) is 0 Å². The summed E-state index contributed by atoms with van der Waals surface area (Å²) < 4.78 is 5.44. The third-order valence-corrected chi connectivity index (χ3v) is 6.78. The first-order valence-electron chi connectivity index (χ1n) is 11.1. The predicted molar refractivity (Wildman–Crippen MR) is 116 cm³/mol. The number of amides is 1. The fourth-order valence-electron chi connectivity index (χ4n) is 5.33. The van der Waals surface area contributed by atoms with Crippen LogP contribution in [0.25, 0.3) is 0 Å². The van der Waals surface area contributed by atoms with E-state index in [9.17, 15) is 4.79 Å². The quantitative estimate of drug-likeness (QED) is 0.846. The number of ether oxygens (including phenoxy) is 1. The number of rotatable bonds is 4. The zero-order valence-corrected chi connectivity index (χ0v) is 17.4. The second kappa shape index (κ2) is 8.36. The molecule has 3 fully saturated rings. The molecule has 3 saturated heterocycles. The number of benzene rings is 1. The second-order valence-electron chi connectivity index (χ2n) is 8.81. The van der Waals surface area contributed by atoms with Crippen LogP contribution in [0.4, 0.5) is 5.82 Å². The molecule has 30 heavy (non-hydrogen) atoms. The van der Waals surface area contributed by atoms with Gasteiger partial charge < -0.3 is 15.0 Å². The van der Waals surface area contributed by atoms with Crippen molar-refractivity contribution in [3.05, 3.63) is 59.8 Å². The third kappa shape index (κ3) is 3.94. The molecule has 0 aliphatic carbocycles. The first kappa shape index (κ1) is 19.5. The molecule has 2 atom stereocenters. The third-order valence-electron chi connectivity index (χ3n) is 6.78. The predicted octanol–water partition coefficient (Wildman–Crippen LogP) is 2.56. The van der Waals surface area contributed by atoms with Crippen molar-refractivity contribution < 1.29 is 9.53 Å². The minimum Gasteiger partial charge on any atom is -0.378 e. The molecular weight excluding hydrogens is 376 g/mol. The van der Waals surface area contributed by atoms with Crippen LogP contribution in [-0.2, 0) is 16.1 Å². The number of piperidine rings is 1. The van der Waals surface area contributed by atoms with Gasteiger partial charge in [-0.1, -0.05) is 36.4 Å². The highest BCUT2D eigenvalue weighted by Crippen LogP contribution is 2.41. The number of pyridine rings is 1. The van der Waals surface area contributed by atoms with Gasteiger partial charge in [-0.05, 0) is 30.0 Å². The minimum absolute atomic E-state index is 0.155. The summed E-state index contributed by atoms with van der Waals surface area (Å²) >= 11 is 0. The van der Waals surface area contributed by atoms with Gasteiger partial charge in [0.15, 0.2) is 0 Å². The van der Waals surface area contributed by atoms with Crippen LogP contribution in [0.15, 0.2) is 48.7 Å². The maximum atomic E-state index is 12.3. The zero-order chi connectivity index (χ0) is 20.4. The van der Waals surface area contributed by atoms with Crippen molar-refractivity contribution in [2.24, 2.45) is 0 Å². The molecule has 0 bridgehead atoms. The van der Waals surface area contributed by atoms with Gasteiger partial charge in [0.25, 0.3) is 0 Å². The number of aromatic nitrogens is 1. The van der Waals surface area contributed by atoms with Crippen molar-refractivity contribution in [2.45, 2.75) is 37.3 Å². The molecule has 0 radical (unpaired) electrons. The molecule has 0 saturated carbocycles. The highest BCUT2D eigenvalue weighted by atomic mass is 16.5. The van der Waals surface area contributed by atoms with Crippen molar-refractivity contribution in [2.75, 3.05) is 44.3 Å². The lowest BCUT2D eigenvalue weighted by molar-refractivity contribution is -0.125. The zero-order valence-electron chi connectivity index (χ0n) is 17.4. The summed E-state index contributed by atoms with van der Waals surface area (Å²) in [4.78, 5) is 21.8. The van der Waals surface area contributed by atoms with Crippen LogP contribution in [0.3, 0.4) is 0 Å². The molecule has 1 N–H and O–H groups in total. The Bertz CT molecular complexity index is 867. The van der Waals surface area contributed by atoms with Gasteiger partial charge >= 0.3 is 0 Å². The van der Waals surface area contributed by atoms with E-state index in [1.54, 1.807) is 0 Å². The molecule has 3 aliphatic rings. The fourth-order valence-corrected chi connectivity index (χ4v) is 5.33. The molecule has 1 aromatic carbocycles. The molecule has 6 nitrogen and oxygen atoms in total. The number of anilines is 1. The number of carbonyl (C=O) groups is 1. The lowest BCUT2D eigenvalue weighted by atomic mass is 9.76. The Morgan fingerprint density at radius 3 is 2.70 bits per heavy atom. The van der Waals surface area contributed by atoms with Gasteiger partial charge in [-0.3, -0.25) is 9.69 Å². The number of likely N-dealkylation sites (tertiary alicyclic amines) is 1. The van der Waals surface area contributed by atoms with Gasteiger partial charge in [0.2, 0.25) is 5.91 Å². The average molecular weight is 407 g/mol. The molecule has 1 spiro atoms. The summed E-state index contributed by atoms with van der Waals surface area (Å²) in [6.45, 7) is 6.05. The van der Waals surface area contributed by atoms with Gasteiger partial charge in [0, 0.05) is 51.3 Å². The molecule has 2 aromatic rings. The fraction of sp³-hybridized carbons (Fsp3) is 0.500. The van der Waals surface area contributed by atoms with Gasteiger partial charge in [0.1, 0.15) is 5.82 Å². The number of hydrogen-bond acceptors (Lipinski definition) is 5. The van der Waals surface area contributed by atoms with E-state index < -0.39 is 0 Å². The molecular formula is C24H30N4O2. The van der Waals surface area contributed by atoms with Crippen molar-refractivity contribution in [1.82, 2.24) is 15.2 Å². The highest BCUT2D eigenvalue weighted by Gasteiger charge is 2.49. The molecule has 4 heterocycles. The van der Waals surface area contributed by atoms with E-state index in [1.807, 2.05) is 6.20 Å². The molecule has 1 aromatic heterocycles. The molecule has 158 valence electrons. The Kier molecular flexibility index (Phi) is 5.44. The summed E-state index contributed by atoms with van der Waals surface area (Å²) in [6, 6.07) is 15.0. The monoisotopic (exact) mass is 406 g/mol. The number of nitrogens with one attached hydrogen (secondary N) is 1. The van der Waals surface area contributed by atoms with E-state index in [2.05, 4.69) is 57.6 Å². The van der Waals surface area contributed by atoms with Gasteiger partial charge in [-0.25, -0.2) is 4.98 Å². The maximum Gasteiger partial charge on any atom is 0.220 e. The maximum absolute atomic E-state index is 12.3. The molecule has 1 amide bonds. The minimum atomic E-state index is -0.155. The molecule has 3 aliphatic heterocycles. The van der Waals surface area contributed by atoms with Crippen LogP contribution in [0.1, 0.15) is 36.3 Å². The Labute approximate surface area is 178 Å². The Balaban J connectivity index is 1.32. The number of hydrogen-bond donors (Lipinski definition) is 1. The summed E-state index contributed by atoms with van der Waals surface area (Å²) in [5, 5.41) is 3.39. The SMILES string of the molecule is O=C1CCC[C@]2(CN(Cc3ccc(N4CCOCC4)nc3)C[C@H]2c2ccccc2)N1. The van der Waals surface area contributed by atoms with Crippen LogP contribution in [0, 0.1) is 0 Å². The normalized spacial score (nSPS) is 27.4. The van der Waals surface area contributed by atoms with E-state index >= 15 is 0 Å². The van der Waals surface area contributed by atoms with Crippen LogP contribution in [-0.4, -0.2) is 60.7 Å². The molecule has 5 rings (SSSR count). The van der Waals surface area contributed by atoms with Crippen LogP contribution < -0.4 is 10.2 Å². The summed E-state index contributed by atoms with van der Waals surface area (Å²) in [5.41, 5.74) is 2.39. The number of morpholine rings is 1. The first-order valence-corrected chi connectivity index (χ1v) is 11.1. The van der Waals surface area contributed by atoms with Crippen LogP contribution in [0.2, 0.25) is 0 Å². The summed E-state index contributed by atoms with van der Waals surface area (Å²) in [5.74, 6) is 1.55. The van der Waals surface area contributed by atoms with E-state index in [0.717, 1.165) is 64.6 Å². The molecule has 0 unspecified atom stereocenters. The largest absolute Gasteiger partial charge is 0.378 e. The van der Waals surface area contributed by atoms with E-state index in [-0.39, 0.29) is 11.4 Å². The molecule has 6 heteroatoms. The van der Waals surface area contributed by atoms with Gasteiger partial charge in [0.05, 0.1) is 18.8 Å². The van der Waals surface area contributed by atoms with Crippen molar-refractivity contribution in [3.63, 3.8) is 0 Å². The first-order chi connectivity index (χ1) is 14.7. The summed E-state index contributed by atoms with van der Waals surface area (Å²) in [7, 11) is 0. The Morgan fingerprint density at radius 1 is 1.13 bits per heavy atom. The second-order valence-corrected chi connectivity index (χ2v) is 8.81. The highest BCUT2D eigenvalue weighted by molar-refractivity contribution is 5.78. The van der Waals surface area contributed by atoms with Crippen LogP contribution in [0.5, 0.6) is 0 Å². The van der Waals surface area contributed by atoms with Crippen molar-refractivity contribution in [3.8, 4) is 0 Å². The van der Waals surface area contributed by atoms with Crippen molar-refractivity contribution >= 4 is 11.7 Å². The lowest BCUT2D eigenvalue weighted by Gasteiger charge is -2.39. The summed E-state index contributed by atoms with van der Waals surface area (Å²) in [6.07, 6.45) is 4.67. The number of nitrogens with zero attached hydrogens (tertiary/aromatic N) is 3. The Morgan fingerprint density at radius 2 is 1.97 bits per heavy atom. The standard InChI is InChI=1S/C24H30N4O2/c29-23-7-4-10-24(26-23)18-27(17-21(24)20-5-2-1-3-6-20)16-19-8-9-22(25-15-19)28-11-13-30-14-12-28/h1-3,5-6,8-9,15,21H,4,7,10-14,16-18H2,(H,26,29)/t21-,24+/m0/s1. The van der Waals surface area contributed by atoms with E-state index in [1.165, 1.54) is 11.1 Å². The van der Waals surface area contributed by atoms with Gasteiger partial charge in [-0.2, -0.15) is 0 Å². The van der Waals surface area contributed by atoms with E-state index in [4.69, 9.17) is 9.72 Å². The average Bonchev–Trinajstić information content (AvgIpc) is 3.12. The smallest absolute Gasteiger partial charge is 0.220 e. The topological polar surface area (TPSA) is 57.7 Å². The van der Waals surface area contributed by atoms with Gasteiger partial charge in [-0.15, -0.1) is 0 Å².